The lowest BCUT2D eigenvalue weighted by Gasteiger charge is -2.26. The van der Waals surface area contributed by atoms with Crippen molar-refractivity contribution in [1.29, 1.82) is 0 Å². The largest absolute Gasteiger partial charge is 0.349 e. The van der Waals surface area contributed by atoms with Crippen LogP contribution < -0.4 is 10.6 Å². The first kappa shape index (κ1) is 15.5. The molecule has 5 heteroatoms. The lowest BCUT2D eigenvalue weighted by Crippen LogP contribution is -2.40. The van der Waals surface area contributed by atoms with Gasteiger partial charge >= 0.3 is 0 Å². The predicted octanol–water partition coefficient (Wildman–Crippen LogP) is 1.07. The fourth-order valence-corrected chi connectivity index (χ4v) is 2.68. The summed E-state index contributed by atoms with van der Waals surface area (Å²) in [5.41, 5.74) is 0.957. The van der Waals surface area contributed by atoms with Crippen molar-refractivity contribution in [2.24, 2.45) is 0 Å². The van der Waals surface area contributed by atoms with Crippen molar-refractivity contribution in [3.05, 3.63) is 35.9 Å². The van der Waals surface area contributed by atoms with Crippen LogP contribution in [0.4, 0.5) is 0 Å². The minimum Gasteiger partial charge on any atom is -0.349 e. The molecule has 1 aromatic rings. The number of benzene rings is 1. The van der Waals surface area contributed by atoms with Crippen LogP contribution in [0.15, 0.2) is 30.3 Å². The van der Waals surface area contributed by atoms with Crippen LogP contribution in [0.1, 0.15) is 31.4 Å². The molecule has 1 aliphatic heterocycles. The molecule has 2 N–H and O–H groups in total. The van der Waals surface area contributed by atoms with Crippen LogP contribution in [0.5, 0.6) is 0 Å². The van der Waals surface area contributed by atoms with E-state index in [0.29, 0.717) is 0 Å². The highest BCUT2D eigenvalue weighted by Gasteiger charge is 2.25. The molecular formula is C16H23N3O2. The number of nitrogens with one attached hydrogen (secondary N) is 2. The van der Waals surface area contributed by atoms with Crippen molar-refractivity contribution in [1.82, 2.24) is 15.5 Å². The van der Waals surface area contributed by atoms with Crippen molar-refractivity contribution < 1.29 is 9.59 Å². The average Bonchev–Trinajstić information content (AvgIpc) is 3.00. The molecule has 21 heavy (non-hydrogen) atoms. The zero-order valence-electron chi connectivity index (χ0n) is 12.6. The first-order chi connectivity index (χ1) is 10.1. The number of hydrogen-bond donors (Lipinski definition) is 2. The molecule has 0 radical (unpaired) electrons. The molecule has 2 rings (SSSR count). The quantitative estimate of drug-likeness (QED) is 0.852. The van der Waals surface area contributed by atoms with Gasteiger partial charge in [-0.1, -0.05) is 30.3 Å². The van der Waals surface area contributed by atoms with Gasteiger partial charge in [0, 0.05) is 26.6 Å². The van der Waals surface area contributed by atoms with Gasteiger partial charge in [0.1, 0.15) is 0 Å². The Hall–Kier alpha value is -1.88. The summed E-state index contributed by atoms with van der Waals surface area (Å²) in [5.74, 6) is -0.0619. The molecule has 1 heterocycles. The number of amides is 2. The second-order valence-corrected chi connectivity index (χ2v) is 5.52. The Morgan fingerprint density at radius 3 is 2.67 bits per heavy atom. The Morgan fingerprint density at radius 2 is 2.10 bits per heavy atom. The number of nitrogens with zero attached hydrogens (tertiary/aromatic N) is 1. The fourth-order valence-electron chi connectivity index (χ4n) is 2.68. The van der Waals surface area contributed by atoms with Gasteiger partial charge in [-0.05, 0) is 18.5 Å². The Kier molecular flexibility index (Phi) is 5.33. The summed E-state index contributed by atoms with van der Waals surface area (Å²) < 4.78 is 0. The van der Waals surface area contributed by atoms with Gasteiger partial charge < -0.3 is 15.5 Å². The molecule has 2 unspecified atom stereocenters. The molecule has 5 nitrogen and oxygen atoms in total. The summed E-state index contributed by atoms with van der Waals surface area (Å²) in [6.07, 6.45) is 1.27. The standard InChI is InChI=1S/C16H23N3O2/c1-12(20)18-15(13-6-4-3-5-7-13)10-16(21)19(2)14-8-9-17-11-14/h3-7,14-15,17H,8-11H2,1-2H3,(H,18,20). The van der Waals surface area contributed by atoms with Crippen LogP contribution in [0.25, 0.3) is 0 Å². The van der Waals surface area contributed by atoms with E-state index >= 15 is 0 Å². The third-order valence-corrected chi connectivity index (χ3v) is 3.93. The number of likely N-dealkylation sites (N-methyl/N-ethyl adjacent to an activating group) is 1. The van der Waals surface area contributed by atoms with Gasteiger partial charge in [-0.3, -0.25) is 9.59 Å². The maximum absolute atomic E-state index is 12.4. The van der Waals surface area contributed by atoms with Gasteiger partial charge in [0.25, 0.3) is 0 Å². The van der Waals surface area contributed by atoms with E-state index in [9.17, 15) is 9.59 Å². The molecule has 2 atom stereocenters. The van der Waals surface area contributed by atoms with Gasteiger partial charge in [0.2, 0.25) is 11.8 Å². The zero-order chi connectivity index (χ0) is 15.2. The van der Waals surface area contributed by atoms with Gasteiger partial charge in [-0.15, -0.1) is 0 Å². The fraction of sp³-hybridized carbons (Fsp3) is 0.500. The molecule has 2 amide bonds. The Bertz CT molecular complexity index is 484. The highest BCUT2D eigenvalue weighted by atomic mass is 16.2. The smallest absolute Gasteiger partial charge is 0.225 e. The van der Waals surface area contributed by atoms with Crippen LogP contribution in [0, 0.1) is 0 Å². The molecule has 0 saturated carbocycles. The van der Waals surface area contributed by atoms with Crippen molar-refractivity contribution in [2.45, 2.75) is 31.8 Å². The Labute approximate surface area is 125 Å². The highest BCUT2D eigenvalue weighted by Crippen LogP contribution is 2.19. The van der Waals surface area contributed by atoms with Crippen molar-refractivity contribution in [3.8, 4) is 0 Å². The maximum atomic E-state index is 12.4. The second kappa shape index (κ2) is 7.22. The molecule has 1 fully saturated rings. The summed E-state index contributed by atoms with van der Waals surface area (Å²) in [5, 5.41) is 6.13. The van der Waals surface area contributed by atoms with Gasteiger partial charge in [0.15, 0.2) is 0 Å². The Balaban J connectivity index is 2.04. The van der Waals surface area contributed by atoms with Crippen molar-refractivity contribution in [2.75, 3.05) is 20.1 Å². The van der Waals surface area contributed by atoms with Crippen LogP contribution in [-0.2, 0) is 9.59 Å². The molecule has 0 aromatic heterocycles. The van der Waals surface area contributed by atoms with E-state index < -0.39 is 0 Å². The second-order valence-electron chi connectivity index (χ2n) is 5.52. The van der Waals surface area contributed by atoms with Gasteiger partial charge in [-0.25, -0.2) is 0 Å². The minimum absolute atomic E-state index is 0.0614. The number of carbonyl (C=O) groups excluding carboxylic acids is 2. The molecule has 0 aliphatic carbocycles. The minimum atomic E-state index is -0.270. The zero-order valence-corrected chi connectivity index (χ0v) is 12.6. The molecule has 1 aliphatic rings. The average molecular weight is 289 g/mol. The number of carbonyl (C=O) groups is 2. The monoisotopic (exact) mass is 289 g/mol. The Morgan fingerprint density at radius 1 is 1.38 bits per heavy atom. The molecule has 114 valence electrons. The van der Waals surface area contributed by atoms with Gasteiger partial charge in [-0.2, -0.15) is 0 Å². The molecule has 1 saturated heterocycles. The number of rotatable bonds is 5. The summed E-state index contributed by atoms with van der Waals surface area (Å²) >= 11 is 0. The van der Waals surface area contributed by atoms with E-state index in [1.807, 2.05) is 37.4 Å². The van der Waals surface area contributed by atoms with E-state index in [2.05, 4.69) is 10.6 Å². The van der Waals surface area contributed by atoms with E-state index in [1.165, 1.54) is 6.92 Å². The van der Waals surface area contributed by atoms with Crippen molar-refractivity contribution in [3.63, 3.8) is 0 Å². The topological polar surface area (TPSA) is 61.4 Å². The van der Waals surface area contributed by atoms with E-state index in [1.54, 1.807) is 4.90 Å². The van der Waals surface area contributed by atoms with E-state index in [0.717, 1.165) is 25.1 Å². The third-order valence-electron chi connectivity index (χ3n) is 3.93. The molecule has 1 aromatic carbocycles. The normalized spacial score (nSPS) is 19.0. The van der Waals surface area contributed by atoms with Gasteiger partial charge in [0.05, 0.1) is 12.5 Å². The molecular weight excluding hydrogens is 266 g/mol. The van der Waals surface area contributed by atoms with Crippen LogP contribution >= 0.6 is 0 Å². The lowest BCUT2D eigenvalue weighted by molar-refractivity contribution is -0.132. The van der Waals surface area contributed by atoms with Crippen LogP contribution in [0.2, 0.25) is 0 Å². The van der Waals surface area contributed by atoms with Crippen LogP contribution in [0.3, 0.4) is 0 Å². The maximum Gasteiger partial charge on any atom is 0.225 e. The SMILES string of the molecule is CC(=O)NC(CC(=O)N(C)C1CCNC1)c1ccccc1. The summed E-state index contributed by atoms with van der Waals surface area (Å²) in [7, 11) is 1.84. The van der Waals surface area contributed by atoms with Crippen molar-refractivity contribution >= 4 is 11.8 Å². The summed E-state index contributed by atoms with van der Waals surface area (Å²) in [6, 6.07) is 9.61. The molecule has 0 bridgehead atoms. The van der Waals surface area contributed by atoms with E-state index in [4.69, 9.17) is 0 Å². The number of hydrogen-bond acceptors (Lipinski definition) is 3. The predicted molar refractivity (Wildman–Crippen MR) is 81.7 cm³/mol. The first-order valence-electron chi connectivity index (χ1n) is 7.36. The van der Waals surface area contributed by atoms with Crippen LogP contribution in [-0.4, -0.2) is 42.9 Å². The first-order valence-corrected chi connectivity index (χ1v) is 7.36. The third kappa shape index (κ3) is 4.29. The summed E-state index contributed by atoms with van der Waals surface area (Å²) in [6.45, 7) is 3.28. The molecule has 0 spiro atoms. The lowest BCUT2D eigenvalue weighted by atomic mass is 10.0. The van der Waals surface area contributed by atoms with E-state index in [-0.39, 0.29) is 30.3 Å². The summed E-state index contributed by atoms with van der Waals surface area (Å²) in [4.78, 5) is 25.6. The highest BCUT2D eigenvalue weighted by molar-refractivity contribution is 5.79.